The van der Waals surface area contributed by atoms with E-state index >= 15 is 0 Å². The number of hydrogen-bond donors (Lipinski definition) is 1. The maximum absolute atomic E-state index is 4.35. The molecule has 1 aliphatic carbocycles. The van der Waals surface area contributed by atoms with Crippen LogP contribution in [0.2, 0.25) is 0 Å². The van der Waals surface area contributed by atoms with E-state index in [0.29, 0.717) is 6.04 Å². The van der Waals surface area contributed by atoms with Crippen molar-refractivity contribution in [1.29, 1.82) is 0 Å². The van der Waals surface area contributed by atoms with E-state index in [-0.39, 0.29) is 0 Å². The highest BCUT2D eigenvalue weighted by Crippen LogP contribution is 2.36. The zero-order chi connectivity index (χ0) is 13.9. The minimum absolute atomic E-state index is 0.682. The predicted molar refractivity (Wildman–Crippen MR) is 81.9 cm³/mol. The van der Waals surface area contributed by atoms with Gasteiger partial charge < -0.3 is 9.88 Å². The Morgan fingerprint density at radius 3 is 2.65 bits per heavy atom. The van der Waals surface area contributed by atoms with Crippen LogP contribution in [0.1, 0.15) is 35.7 Å². The lowest BCUT2D eigenvalue weighted by Crippen LogP contribution is -2.41. The molecule has 20 heavy (non-hydrogen) atoms. The van der Waals surface area contributed by atoms with E-state index in [1.54, 1.807) is 0 Å². The van der Waals surface area contributed by atoms with Crippen molar-refractivity contribution in [2.75, 3.05) is 6.54 Å². The average Bonchev–Trinajstić information content (AvgIpc) is 2.79. The summed E-state index contributed by atoms with van der Waals surface area (Å²) in [6, 6.07) is 9.68. The molecule has 0 atom stereocenters. The highest BCUT2D eigenvalue weighted by molar-refractivity contribution is 5.26. The lowest BCUT2D eigenvalue weighted by molar-refractivity contribution is 0.292. The molecule has 1 aliphatic rings. The molecule has 106 valence electrons. The van der Waals surface area contributed by atoms with Gasteiger partial charge in [0.15, 0.2) is 0 Å². The third-order valence-electron chi connectivity index (χ3n) is 4.39. The fourth-order valence-corrected chi connectivity index (χ4v) is 2.92. The summed E-state index contributed by atoms with van der Waals surface area (Å²) in [4.78, 5) is 4.35. The van der Waals surface area contributed by atoms with Gasteiger partial charge in [-0.1, -0.05) is 29.8 Å². The van der Waals surface area contributed by atoms with Gasteiger partial charge in [0.05, 0.1) is 0 Å². The molecule has 2 aromatic rings. The number of hydrogen-bond acceptors (Lipinski definition) is 2. The molecule has 3 nitrogen and oxygen atoms in total. The fourth-order valence-electron chi connectivity index (χ4n) is 2.92. The van der Waals surface area contributed by atoms with Crippen molar-refractivity contribution in [2.45, 2.75) is 38.1 Å². The van der Waals surface area contributed by atoms with Gasteiger partial charge in [0.25, 0.3) is 0 Å². The number of aryl methyl sites for hydroxylation is 2. The molecule has 0 bridgehead atoms. The summed E-state index contributed by atoms with van der Waals surface area (Å²) >= 11 is 0. The monoisotopic (exact) mass is 269 g/mol. The second kappa shape index (κ2) is 5.80. The molecule has 1 aromatic carbocycles. The van der Waals surface area contributed by atoms with Gasteiger partial charge in [-0.15, -0.1) is 0 Å². The average molecular weight is 269 g/mol. The number of rotatable bonds is 5. The van der Waals surface area contributed by atoms with Crippen LogP contribution in [0.15, 0.2) is 36.7 Å². The van der Waals surface area contributed by atoms with Crippen molar-refractivity contribution in [3.8, 4) is 0 Å². The minimum Gasteiger partial charge on any atom is -0.338 e. The van der Waals surface area contributed by atoms with Crippen molar-refractivity contribution >= 4 is 0 Å². The molecule has 0 amide bonds. The first kappa shape index (κ1) is 13.4. The summed E-state index contributed by atoms with van der Waals surface area (Å²) in [6.45, 7) is 3.17. The number of aromatic nitrogens is 2. The summed E-state index contributed by atoms with van der Waals surface area (Å²) in [5, 5.41) is 3.64. The molecular weight excluding hydrogens is 246 g/mol. The van der Waals surface area contributed by atoms with Crippen LogP contribution in [0.5, 0.6) is 0 Å². The van der Waals surface area contributed by atoms with Gasteiger partial charge in [-0.2, -0.15) is 0 Å². The summed E-state index contributed by atoms with van der Waals surface area (Å²) in [5.41, 5.74) is 2.84. The molecule has 1 saturated carbocycles. The van der Waals surface area contributed by atoms with E-state index in [1.807, 2.05) is 12.4 Å². The minimum atomic E-state index is 0.682. The maximum atomic E-state index is 4.35. The smallest absolute Gasteiger partial charge is 0.109 e. The van der Waals surface area contributed by atoms with Crippen LogP contribution in [0.25, 0.3) is 0 Å². The lowest BCUT2D eigenvalue weighted by Gasteiger charge is -2.36. The Kier molecular flexibility index (Phi) is 3.88. The van der Waals surface area contributed by atoms with Crippen LogP contribution in [0.3, 0.4) is 0 Å². The Morgan fingerprint density at radius 1 is 1.25 bits per heavy atom. The fraction of sp³-hybridized carbons (Fsp3) is 0.471. The normalized spacial score (nSPS) is 21.7. The van der Waals surface area contributed by atoms with Crippen LogP contribution in [-0.4, -0.2) is 22.1 Å². The zero-order valence-electron chi connectivity index (χ0n) is 12.3. The molecule has 0 spiro atoms. The van der Waals surface area contributed by atoms with Crippen LogP contribution < -0.4 is 5.32 Å². The highest BCUT2D eigenvalue weighted by atomic mass is 15.0. The van der Waals surface area contributed by atoms with E-state index in [1.165, 1.54) is 24.0 Å². The van der Waals surface area contributed by atoms with E-state index in [0.717, 1.165) is 24.7 Å². The Labute approximate surface area is 121 Å². The van der Waals surface area contributed by atoms with Crippen molar-refractivity contribution in [2.24, 2.45) is 7.05 Å². The molecule has 3 rings (SSSR count). The summed E-state index contributed by atoms with van der Waals surface area (Å²) in [5.74, 6) is 1.91. The van der Waals surface area contributed by atoms with E-state index in [4.69, 9.17) is 0 Å². The number of benzene rings is 1. The van der Waals surface area contributed by atoms with Crippen molar-refractivity contribution in [3.05, 3.63) is 53.6 Å². The maximum Gasteiger partial charge on any atom is 0.109 e. The molecule has 1 N–H and O–H groups in total. The second-order valence-corrected chi connectivity index (χ2v) is 5.93. The van der Waals surface area contributed by atoms with Crippen LogP contribution >= 0.6 is 0 Å². The van der Waals surface area contributed by atoms with Gasteiger partial charge in [-0.25, -0.2) is 4.98 Å². The molecule has 1 heterocycles. The Morgan fingerprint density at radius 2 is 2.00 bits per heavy atom. The summed E-state index contributed by atoms with van der Waals surface area (Å²) < 4.78 is 2.09. The number of imidazole rings is 1. The second-order valence-electron chi connectivity index (χ2n) is 5.93. The SMILES string of the molecule is Cc1ccc(C2CC(NCCc3nccn3C)C2)cc1. The largest absolute Gasteiger partial charge is 0.338 e. The first-order valence-corrected chi connectivity index (χ1v) is 7.48. The quantitative estimate of drug-likeness (QED) is 0.904. The van der Waals surface area contributed by atoms with E-state index in [9.17, 15) is 0 Å². The molecule has 0 saturated heterocycles. The van der Waals surface area contributed by atoms with Crippen molar-refractivity contribution < 1.29 is 0 Å². The highest BCUT2D eigenvalue weighted by Gasteiger charge is 2.29. The summed E-state index contributed by atoms with van der Waals surface area (Å²) in [6.07, 6.45) is 7.42. The number of nitrogens with one attached hydrogen (secondary N) is 1. The topological polar surface area (TPSA) is 29.9 Å². The standard InChI is InChI=1S/C17H23N3/c1-13-3-5-14(6-4-13)15-11-16(12-15)18-8-7-17-19-9-10-20(17)2/h3-6,9-10,15-16,18H,7-8,11-12H2,1-2H3. The predicted octanol–water partition coefficient (Wildman–Crippen LogP) is 2.81. The van der Waals surface area contributed by atoms with Crippen molar-refractivity contribution in [3.63, 3.8) is 0 Å². The molecule has 0 radical (unpaired) electrons. The van der Waals surface area contributed by atoms with Gasteiger partial charge in [-0.3, -0.25) is 0 Å². The van der Waals surface area contributed by atoms with Gasteiger partial charge in [0.2, 0.25) is 0 Å². The van der Waals surface area contributed by atoms with Gasteiger partial charge in [0.1, 0.15) is 5.82 Å². The lowest BCUT2D eigenvalue weighted by atomic mass is 9.76. The van der Waals surface area contributed by atoms with Crippen molar-refractivity contribution in [1.82, 2.24) is 14.9 Å². The van der Waals surface area contributed by atoms with Crippen LogP contribution in [-0.2, 0) is 13.5 Å². The summed E-state index contributed by atoms with van der Waals surface area (Å²) in [7, 11) is 2.05. The Hall–Kier alpha value is -1.61. The van der Waals surface area contributed by atoms with Gasteiger partial charge in [0, 0.05) is 38.4 Å². The number of nitrogens with zero attached hydrogens (tertiary/aromatic N) is 2. The molecular formula is C17H23N3. The van der Waals surface area contributed by atoms with Crippen LogP contribution in [0, 0.1) is 6.92 Å². The van der Waals surface area contributed by atoms with E-state index < -0.39 is 0 Å². The molecule has 0 unspecified atom stereocenters. The van der Waals surface area contributed by atoms with Gasteiger partial charge in [-0.05, 0) is 31.2 Å². The third-order valence-corrected chi connectivity index (χ3v) is 4.39. The van der Waals surface area contributed by atoms with E-state index in [2.05, 4.69) is 53.1 Å². The van der Waals surface area contributed by atoms with Gasteiger partial charge >= 0.3 is 0 Å². The Balaban J connectivity index is 1.40. The van der Waals surface area contributed by atoms with Crippen LogP contribution in [0.4, 0.5) is 0 Å². The zero-order valence-corrected chi connectivity index (χ0v) is 12.3. The first-order chi connectivity index (χ1) is 9.72. The molecule has 0 aliphatic heterocycles. The Bertz CT molecular complexity index is 550. The molecule has 3 heteroatoms. The first-order valence-electron chi connectivity index (χ1n) is 7.48. The molecule has 1 aromatic heterocycles. The molecule has 1 fully saturated rings. The third kappa shape index (κ3) is 2.93.